The number of allylic oxidation sites excluding steroid dienone is 1. The van der Waals surface area contributed by atoms with Gasteiger partial charge in [-0.1, -0.05) is 30.3 Å². The van der Waals surface area contributed by atoms with Crippen molar-refractivity contribution in [2.24, 2.45) is 0 Å². The van der Waals surface area contributed by atoms with Gasteiger partial charge in [0.1, 0.15) is 5.75 Å². The lowest BCUT2D eigenvalue weighted by molar-refractivity contribution is 0.415. The van der Waals surface area contributed by atoms with Gasteiger partial charge in [0.2, 0.25) is 0 Å². The van der Waals surface area contributed by atoms with Crippen LogP contribution in [-0.2, 0) is 0 Å². The SMILES string of the molecule is COc1ccc(C(C)=CNc2ccccc2)cc1. The number of rotatable bonds is 4. The van der Waals surface area contributed by atoms with E-state index in [4.69, 9.17) is 4.74 Å². The lowest BCUT2D eigenvalue weighted by Gasteiger charge is -2.05. The van der Waals surface area contributed by atoms with E-state index in [1.165, 1.54) is 11.1 Å². The van der Waals surface area contributed by atoms with Gasteiger partial charge in [0.05, 0.1) is 7.11 Å². The summed E-state index contributed by atoms with van der Waals surface area (Å²) in [5.41, 5.74) is 3.45. The first kappa shape index (κ1) is 12.2. The number of para-hydroxylation sites is 1. The van der Waals surface area contributed by atoms with Crippen molar-refractivity contribution < 1.29 is 4.74 Å². The van der Waals surface area contributed by atoms with Gasteiger partial charge in [-0.15, -0.1) is 0 Å². The van der Waals surface area contributed by atoms with Crippen LogP contribution in [0.1, 0.15) is 12.5 Å². The van der Waals surface area contributed by atoms with E-state index in [2.05, 4.69) is 24.4 Å². The van der Waals surface area contributed by atoms with Crippen LogP contribution in [0.15, 0.2) is 60.8 Å². The molecular formula is C16H17NO. The molecule has 1 N–H and O–H groups in total. The number of ether oxygens (including phenoxy) is 1. The summed E-state index contributed by atoms with van der Waals surface area (Å²) in [5.74, 6) is 0.877. The minimum atomic E-state index is 0.877. The summed E-state index contributed by atoms with van der Waals surface area (Å²) in [6.45, 7) is 2.08. The van der Waals surface area contributed by atoms with Crippen LogP contribution in [0.2, 0.25) is 0 Å². The molecule has 0 saturated carbocycles. The Kier molecular flexibility index (Phi) is 4.02. The molecule has 0 amide bonds. The zero-order valence-electron chi connectivity index (χ0n) is 10.7. The van der Waals surface area contributed by atoms with E-state index in [-0.39, 0.29) is 0 Å². The Morgan fingerprint density at radius 3 is 2.28 bits per heavy atom. The fourth-order valence-electron chi connectivity index (χ4n) is 1.66. The molecule has 92 valence electrons. The molecule has 0 bridgehead atoms. The molecule has 2 aromatic carbocycles. The third-order valence-corrected chi connectivity index (χ3v) is 2.77. The molecule has 0 atom stereocenters. The lowest BCUT2D eigenvalue weighted by Crippen LogP contribution is -1.90. The third kappa shape index (κ3) is 3.14. The first-order chi connectivity index (χ1) is 8.79. The van der Waals surface area contributed by atoms with E-state index >= 15 is 0 Å². The summed E-state index contributed by atoms with van der Waals surface area (Å²) in [7, 11) is 1.68. The summed E-state index contributed by atoms with van der Waals surface area (Å²) in [6, 6.07) is 18.2. The predicted octanol–water partition coefficient (Wildman–Crippen LogP) is 4.17. The molecular weight excluding hydrogens is 222 g/mol. The fraction of sp³-hybridized carbons (Fsp3) is 0.125. The van der Waals surface area contributed by atoms with Gasteiger partial charge in [-0.25, -0.2) is 0 Å². The average molecular weight is 239 g/mol. The van der Waals surface area contributed by atoms with Crippen LogP contribution in [0, 0.1) is 0 Å². The van der Waals surface area contributed by atoms with Gasteiger partial charge < -0.3 is 10.1 Å². The summed E-state index contributed by atoms with van der Waals surface area (Å²) < 4.78 is 5.14. The Bertz CT molecular complexity index is 515. The smallest absolute Gasteiger partial charge is 0.118 e. The number of anilines is 1. The topological polar surface area (TPSA) is 21.3 Å². The zero-order valence-corrected chi connectivity index (χ0v) is 10.7. The normalized spacial score (nSPS) is 11.1. The van der Waals surface area contributed by atoms with Crippen molar-refractivity contribution in [1.82, 2.24) is 0 Å². The molecule has 0 unspecified atom stereocenters. The van der Waals surface area contributed by atoms with E-state index in [0.717, 1.165) is 11.4 Å². The van der Waals surface area contributed by atoms with Gasteiger partial charge >= 0.3 is 0 Å². The molecule has 0 aromatic heterocycles. The number of hydrogen-bond donors (Lipinski definition) is 1. The molecule has 0 radical (unpaired) electrons. The summed E-state index contributed by atoms with van der Waals surface area (Å²) in [4.78, 5) is 0. The highest BCUT2D eigenvalue weighted by Crippen LogP contribution is 2.18. The maximum Gasteiger partial charge on any atom is 0.118 e. The van der Waals surface area contributed by atoms with Gasteiger partial charge in [-0.3, -0.25) is 0 Å². The van der Waals surface area contributed by atoms with E-state index < -0.39 is 0 Å². The Morgan fingerprint density at radius 1 is 1.00 bits per heavy atom. The molecule has 0 spiro atoms. The Hall–Kier alpha value is -2.22. The highest BCUT2D eigenvalue weighted by Gasteiger charge is 1.96. The molecule has 0 saturated heterocycles. The maximum atomic E-state index is 5.14. The van der Waals surface area contributed by atoms with Gasteiger partial charge in [0, 0.05) is 11.9 Å². The largest absolute Gasteiger partial charge is 0.497 e. The molecule has 0 heterocycles. The second-order valence-corrected chi connectivity index (χ2v) is 4.07. The molecule has 2 aromatic rings. The molecule has 18 heavy (non-hydrogen) atoms. The second kappa shape index (κ2) is 5.92. The van der Waals surface area contributed by atoms with Crippen molar-refractivity contribution in [2.45, 2.75) is 6.92 Å². The van der Waals surface area contributed by atoms with Crippen LogP contribution in [0.3, 0.4) is 0 Å². The maximum absolute atomic E-state index is 5.14. The van der Waals surface area contributed by atoms with Gasteiger partial charge in [-0.2, -0.15) is 0 Å². The summed E-state index contributed by atoms with van der Waals surface area (Å²) in [6.07, 6.45) is 2.01. The van der Waals surface area contributed by atoms with Crippen molar-refractivity contribution in [3.05, 3.63) is 66.4 Å². The van der Waals surface area contributed by atoms with Crippen molar-refractivity contribution in [3.63, 3.8) is 0 Å². The van der Waals surface area contributed by atoms with Crippen LogP contribution < -0.4 is 10.1 Å². The van der Waals surface area contributed by atoms with Gasteiger partial charge in [0.25, 0.3) is 0 Å². The third-order valence-electron chi connectivity index (χ3n) is 2.77. The zero-order chi connectivity index (χ0) is 12.8. The van der Waals surface area contributed by atoms with Crippen LogP contribution in [0.25, 0.3) is 5.57 Å². The molecule has 2 heteroatoms. The Balaban J connectivity index is 2.08. The van der Waals surface area contributed by atoms with Crippen LogP contribution in [0.5, 0.6) is 5.75 Å². The van der Waals surface area contributed by atoms with E-state index in [1.54, 1.807) is 7.11 Å². The minimum absolute atomic E-state index is 0.877. The first-order valence-corrected chi connectivity index (χ1v) is 5.92. The van der Waals surface area contributed by atoms with Crippen LogP contribution in [-0.4, -0.2) is 7.11 Å². The quantitative estimate of drug-likeness (QED) is 0.864. The highest BCUT2D eigenvalue weighted by atomic mass is 16.5. The molecule has 2 nitrogen and oxygen atoms in total. The van der Waals surface area contributed by atoms with Crippen molar-refractivity contribution in [1.29, 1.82) is 0 Å². The predicted molar refractivity (Wildman–Crippen MR) is 76.7 cm³/mol. The highest BCUT2D eigenvalue weighted by molar-refractivity contribution is 5.66. The monoisotopic (exact) mass is 239 g/mol. The number of hydrogen-bond acceptors (Lipinski definition) is 2. The van der Waals surface area contributed by atoms with E-state index in [1.807, 2.05) is 48.7 Å². The fourth-order valence-corrected chi connectivity index (χ4v) is 1.66. The Labute approximate surface area is 108 Å². The van der Waals surface area contributed by atoms with E-state index in [0.29, 0.717) is 0 Å². The van der Waals surface area contributed by atoms with Crippen molar-refractivity contribution >= 4 is 11.3 Å². The van der Waals surface area contributed by atoms with Gasteiger partial charge in [-0.05, 0) is 42.3 Å². The van der Waals surface area contributed by atoms with Gasteiger partial charge in [0.15, 0.2) is 0 Å². The molecule has 0 aliphatic rings. The van der Waals surface area contributed by atoms with Crippen molar-refractivity contribution in [2.75, 3.05) is 12.4 Å². The summed E-state index contributed by atoms with van der Waals surface area (Å²) >= 11 is 0. The first-order valence-electron chi connectivity index (χ1n) is 5.92. The van der Waals surface area contributed by atoms with Crippen LogP contribution >= 0.6 is 0 Å². The number of benzene rings is 2. The van der Waals surface area contributed by atoms with E-state index in [9.17, 15) is 0 Å². The standard InChI is InChI=1S/C16H17NO/c1-13(12-17-15-6-4-3-5-7-15)14-8-10-16(18-2)11-9-14/h3-12,17H,1-2H3. The summed E-state index contributed by atoms with van der Waals surface area (Å²) in [5, 5.41) is 3.28. The molecule has 2 rings (SSSR count). The van der Waals surface area contributed by atoms with Crippen molar-refractivity contribution in [3.8, 4) is 5.75 Å². The molecule has 0 aliphatic heterocycles. The minimum Gasteiger partial charge on any atom is -0.497 e. The number of methoxy groups -OCH3 is 1. The molecule has 0 fully saturated rings. The second-order valence-electron chi connectivity index (χ2n) is 4.07. The Morgan fingerprint density at radius 2 is 1.67 bits per heavy atom. The average Bonchev–Trinajstić information content (AvgIpc) is 2.46. The van der Waals surface area contributed by atoms with Crippen LogP contribution in [0.4, 0.5) is 5.69 Å². The number of nitrogens with one attached hydrogen (secondary N) is 1. The molecule has 0 aliphatic carbocycles. The lowest BCUT2D eigenvalue weighted by atomic mass is 10.1.